The molecule has 0 bridgehead atoms. The van der Waals surface area contributed by atoms with E-state index < -0.39 is 0 Å². The van der Waals surface area contributed by atoms with Crippen LogP contribution in [0.3, 0.4) is 0 Å². The van der Waals surface area contributed by atoms with Gasteiger partial charge in [-0.2, -0.15) is 9.61 Å². The number of nitrogens with zero attached hydrogens (tertiary/aromatic N) is 5. The van der Waals surface area contributed by atoms with E-state index >= 15 is 0 Å². The molecule has 4 heterocycles. The van der Waals surface area contributed by atoms with Crippen molar-refractivity contribution in [1.29, 1.82) is 0 Å². The largest absolute Gasteiger partial charge is 0.496 e. The van der Waals surface area contributed by atoms with Crippen molar-refractivity contribution in [3.8, 4) is 5.75 Å². The normalized spacial score (nSPS) is 16.5. The summed E-state index contributed by atoms with van der Waals surface area (Å²) in [4.78, 5) is 22.0. The fourth-order valence-corrected chi connectivity index (χ4v) is 4.63. The van der Waals surface area contributed by atoms with E-state index in [2.05, 4.69) is 15.3 Å². The molecule has 1 N–H and O–H groups in total. The monoisotopic (exact) mass is 420 g/mol. The molecule has 2 aliphatic rings. The van der Waals surface area contributed by atoms with Crippen molar-refractivity contribution in [3.05, 3.63) is 53.3 Å². The first-order valence-electron chi connectivity index (χ1n) is 10.8. The number of hydrogen-bond acceptors (Lipinski definition) is 6. The fraction of sp³-hybridized carbons (Fsp3) is 0.435. The van der Waals surface area contributed by atoms with Gasteiger partial charge in [0.15, 0.2) is 5.65 Å². The highest BCUT2D eigenvalue weighted by Gasteiger charge is 2.37. The molecule has 0 aliphatic carbocycles. The first-order chi connectivity index (χ1) is 15.2. The Morgan fingerprint density at radius 2 is 2.03 bits per heavy atom. The summed E-state index contributed by atoms with van der Waals surface area (Å²) in [5, 5.41) is 7.98. The lowest BCUT2D eigenvalue weighted by atomic mass is 9.96. The number of rotatable bonds is 5. The van der Waals surface area contributed by atoms with Crippen molar-refractivity contribution in [1.82, 2.24) is 24.8 Å². The average Bonchev–Trinajstić information content (AvgIpc) is 3.09. The third-order valence-electron chi connectivity index (χ3n) is 6.29. The first kappa shape index (κ1) is 19.8. The van der Waals surface area contributed by atoms with Crippen LogP contribution in [0.5, 0.6) is 5.75 Å². The van der Waals surface area contributed by atoms with E-state index in [-0.39, 0.29) is 11.8 Å². The molecule has 31 heavy (non-hydrogen) atoms. The molecular weight excluding hydrogens is 392 g/mol. The Morgan fingerprint density at radius 1 is 1.23 bits per heavy atom. The number of ether oxygens (including phenoxy) is 1. The maximum absolute atomic E-state index is 13.1. The number of nitrogens with one attached hydrogen (secondary N) is 1. The minimum Gasteiger partial charge on any atom is -0.496 e. The predicted octanol–water partition coefficient (Wildman–Crippen LogP) is 1.52. The third kappa shape index (κ3) is 3.61. The van der Waals surface area contributed by atoms with E-state index in [4.69, 9.17) is 9.72 Å². The quantitative estimate of drug-likeness (QED) is 0.675. The Bertz CT molecular complexity index is 1100. The van der Waals surface area contributed by atoms with E-state index in [0.717, 1.165) is 54.4 Å². The molecule has 8 nitrogen and oxygen atoms in total. The summed E-state index contributed by atoms with van der Waals surface area (Å²) in [7, 11) is 3.53. The van der Waals surface area contributed by atoms with Crippen LogP contribution in [0.1, 0.15) is 16.8 Å². The van der Waals surface area contributed by atoms with Crippen LogP contribution >= 0.6 is 0 Å². The number of carbonyl (C=O) groups excluding carboxylic acids is 1. The standard InChI is InChI=1S/C23H28N6O2/c1-27(13-16-5-3-4-6-20(16)31-2)23(30)17-14-28(15-17)22-18-7-10-24-11-8-19(18)26-21-9-12-25-29(21)22/h3-6,9,12,17,24H,7-8,10-11,13-15H2,1-2H3. The summed E-state index contributed by atoms with van der Waals surface area (Å²) < 4.78 is 7.36. The molecule has 2 aliphatic heterocycles. The van der Waals surface area contributed by atoms with E-state index in [1.54, 1.807) is 18.2 Å². The van der Waals surface area contributed by atoms with Crippen molar-refractivity contribution in [2.45, 2.75) is 19.4 Å². The van der Waals surface area contributed by atoms with E-state index in [0.29, 0.717) is 19.6 Å². The van der Waals surface area contributed by atoms with Gasteiger partial charge in [0.25, 0.3) is 0 Å². The molecule has 0 atom stereocenters. The summed E-state index contributed by atoms with van der Waals surface area (Å²) in [6.07, 6.45) is 3.64. The molecular formula is C23H28N6O2. The molecule has 1 fully saturated rings. The Labute approximate surface area is 181 Å². The van der Waals surface area contributed by atoms with Crippen LogP contribution < -0.4 is 15.0 Å². The van der Waals surface area contributed by atoms with Crippen molar-refractivity contribution in [2.24, 2.45) is 5.92 Å². The molecule has 0 saturated carbocycles. The Morgan fingerprint density at radius 3 is 2.87 bits per heavy atom. The van der Waals surface area contributed by atoms with Gasteiger partial charge < -0.3 is 19.9 Å². The van der Waals surface area contributed by atoms with Crippen LogP contribution in [-0.2, 0) is 24.2 Å². The second-order valence-electron chi connectivity index (χ2n) is 8.32. The maximum Gasteiger partial charge on any atom is 0.229 e. The van der Waals surface area contributed by atoms with Gasteiger partial charge in [0.1, 0.15) is 11.6 Å². The van der Waals surface area contributed by atoms with Crippen LogP contribution in [0.15, 0.2) is 36.5 Å². The summed E-state index contributed by atoms with van der Waals surface area (Å²) in [6.45, 7) is 3.83. The number of hydrogen-bond donors (Lipinski definition) is 1. The van der Waals surface area contributed by atoms with Gasteiger partial charge in [0.05, 0.1) is 24.9 Å². The predicted molar refractivity (Wildman–Crippen MR) is 118 cm³/mol. The minimum absolute atomic E-state index is 0.0157. The van der Waals surface area contributed by atoms with Gasteiger partial charge in [-0.1, -0.05) is 18.2 Å². The van der Waals surface area contributed by atoms with Gasteiger partial charge in [-0.25, -0.2) is 4.98 Å². The van der Waals surface area contributed by atoms with Gasteiger partial charge in [0.2, 0.25) is 5.91 Å². The second-order valence-corrected chi connectivity index (χ2v) is 8.32. The van der Waals surface area contributed by atoms with Crippen LogP contribution in [0, 0.1) is 5.92 Å². The molecule has 0 unspecified atom stereocenters. The fourth-order valence-electron chi connectivity index (χ4n) is 4.63. The molecule has 0 spiro atoms. The number of para-hydroxylation sites is 1. The van der Waals surface area contributed by atoms with Crippen molar-refractivity contribution < 1.29 is 9.53 Å². The lowest BCUT2D eigenvalue weighted by Crippen LogP contribution is -2.54. The zero-order chi connectivity index (χ0) is 21.4. The smallest absolute Gasteiger partial charge is 0.229 e. The van der Waals surface area contributed by atoms with Crippen LogP contribution in [0.4, 0.5) is 5.82 Å². The molecule has 3 aromatic rings. The molecule has 1 saturated heterocycles. The summed E-state index contributed by atoms with van der Waals surface area (Å²) in [5.74, 6) is 2.07. The van der Waals surface area contributed by atoms with Crippen LogP contribution in [0.25, 0.3) is 5.65 Å². The molecule has 2 aromatic heterocycles. The molecule has 1 aromatic carbocycles. The van der Waals surface area contributed by atoms with Crippen molar-refractivity contribution in [3.63, 3.8) is 0 Å². The number of benzene rings is 1. The average molecular weight is 421 g/mol. The molecule has 5 rings (SSSR count). The molecule has 162 valence electrons. The van der Waals surface area contributed by atoms with Gasteiger partial charge in [0, 0.05) is 56.8 Å². The Balaban J connectivity index is 1.33. The molecule has 1 amide bonds. The molecule has 0 radical (unpaired) electrons. The lowest BCUT2D eigenvalue weighted by Gasteiger charge is -2.42. The zero-order valence-electron chi connectivity index (χ0n) is 18.0. The van der Waals surface area contributed by atoms with Gasteiger partial charge in [-0.15, -0.1) is 0 Å². The van der Waals surface area contributed by atoms with Gasteiger partial charge in [-0.3, -0.25) is 4.79 Å². The van der Waals surface area contributed by atoms with Crippen LogP contribution in [-0.4, -0.2) is 65.7 Å². The number of carbonyl (C=O) groups is 1. The third-order valence-corrected chi connectivity index (χ3v) is 6.29. The topological polar surface area (TPSA) is 75.0 Å². The number of anilines is 1. The first-order valence-corrected chi connectivity index (χ1v) is 10.8. The van der Waals surface area contributed by atoms with Gasteiger partial charge in [-0.05, 0) is 19.0 Å². The zero-order valence-corrected chi connectivity index (χ0v) is 18.0. The maximum atomic E-state index is 13.1. The summed E-state index contributed by atoms with van der Waals surface area (Å²) in [6, 6.07) is 9.80. The van der Waals surface area contributed by atoms with E-state index in [1.807, 2.05) is 41.9 Å². The second kappa shape index (κ2) is 8.19. The van der Waals surface area contributed by atoms with E-state index in [9.17, 15) is 4.79 Å². The summed E-state index contributed by atoms with van der Waals surface area (Å²) in [5.41, 5.74) is 4.30. The highest BCUT2D eigenvalue weighted by molar-refractivity contribution is 5.82. The number of methoxy groups -OCH3 is 1. The van der Waals surface area contributed by atoms with Crippen molar-refractivity contribution >= 4 is 17.4 Å². The number of fused-ring (bicyclic) bond motifs is 2. The Hall–Kier alpha value is -3.13. The molecule has 8 heteroatoms. The van der Waals surface area contributed by atoms with E-state index in [1.165, 1.54) is 5.56 Å². The highest BCUT2D eigenvalue weighted by Crippen LogP contribution is 2.32. The lowest BCUT2D eigenvalue weighted by molar-refractivity contribution is -0.135. The number of amides is 1. The summed E-state index contributed by atoms with van der Waals surface area (Å²) >= 11 is 0. The van der Waals surface area contributed by atoms with Gasteiger partial charge >= 0.3 is 0 Å². The SMILES string of the molecule is COc1ccccc1CN(C)C(=O)C1CN(c2c3c(nc4ccnn24)CCNCC3)C1. The highest BCUT2D eigenvalue weighted by atomic mass is 16.5. The van der Waals surface area contributed by atoms with Crippen molar-refractivity contribution in [2.75, 3.05) is 45.2 Å². The minimum atomic E-state index is -0.0157. The van der Waals surface area contributed by atoms with Crippen LogP contribution in [0.2, 0.25) is 0 Å². The number of aromatic nitrogens is 3. The Kier molecular flexibility index (Phi) is 5.23.